The van der Waals surface area contributed by atoms with Crippen LogP contribution in [-0.2, 0) is 73.6 Å². The number of hydrogen-bond acceptors (Lipinski definition) is 15. The first-order valence-corrected chi connectivity index (χ1v) is 30.1. The average Bonchev–Trinajstić information content (AvgIpc) is 2.33. The second-order valence-electron chi connectivity index (χ2n) is 23.3. The molecule has 1 unspecified atom stereocenters. The molecule has 2 aliphatic heterocycles. The van der Waals surface area contributed by atoms with Gasteiger partial charge < -0.3 is 78.4 Å². The third-order valence-corrected chi connectivity index (χ3v) is 16.4. The Morgan fingerprint density at radius 3 is 1.56 bits per heavy atom. The topological polar surface area (TPSA) is 434 Å². The first-order valence-electron chi connectivity index (χ1n) is 30.1. The van der Waals surface area contributed by atoms with E-state index in [1.54, 1.807) is 25.4 Å². The van der Waals surface area contributed by atoms with Gasteiger partial charge in [0.15, 0.2) is 5.78 Å². The van der Waals surface area contributed by atoms with Crippen molar-refractivity contribution in [3.8, 4) is 0 Å². The molecule has 2 aromatic carbocycles. The summed E-state index contributed by atoms with van der Waals surface area (Å²) in [5.41, 5.74) is 8.07. The van der Waals surface area contributed by atoms with Crippen LogP contribution >= 0.6 is 0 Å². The first kappa shape index (κ1) is 65.7. The molecule has 6 heterocycles. The number of fused-ring (bicyclic) bond motifs is 2. The number of para-hydroxylation sites is 2. The normalized spacial score (nSPS) is 18.8. The van der Waals surface area contributed by atoms with E-state index >= 15 is 0 Å². The predicted molar refractivity (Wildman–Crippen MR) is 325 cm³/mol. The number of aliphatic carboxylic acids is 1. The number of ketones is 1. The van der Waals surface area contributed by atoms with Crippen LogP contribution in [0.3, 0.4) is 0 Å². The van der Waals surface area contributed by atoms with Gasteiger partial charge in [0.1, 0.15) is 47.8 Å². The molecular weight excluding hydrogens is 1150 g/mol. The lowest BCUT2D eigenvalue weighted by molar-refractivity contribution is -0.144. The zero-order valence-electron chi connectivity index (χ0n) is 49.9. The molecule has 2 saturated heterocycles. The molecular formula is C61H80N16O12. The Labute approximate surface area is 512 Å². The number of carbonyl (C=O) groups is 10. The monoisotopic (exact) mass is 1230 g/mol. The van der Waals surface area contributed by atoms with E-state index < -0.39 is 120 Å². The van der Waals surface area contributed by atoms with Crippen LogP contribution in [0.15, 0.2) is 86.0 Å². The summed E-state index contributed by atoms with van der Waals surface area (Å²) in [6, 6.07) is 3.01. The van der Waals surface area contributed by atoms with Gasteiger partial charge in [0.05, 0.1) is 31.3 Å². The third kappa shape index (κ3) is 17.1. The maximum absolute atomic E-state index is 14.8. The highest BCUT2D eigenvalue weighted by Gasteiger charge is 2.47. The van der Waals surface area contributed by atoms with Gasteiger partial charge in [-0.3, -0.25) is 53.3 Å². The molecule has 2 fully saturated rings. The number of rotatable bonds is 33. The lowest BCUT2D eigenvalue weighted by Gasteiger charge is -2.29. The van der Waals surface area contributed by atoms with Gasteiger partial charge in [0.2, 0.25) is 47.3 Å². The molecule has 8 rings (SSSR count). The fourth-order valence-electron chi connectivity index (χ4n) is 11.4. The number of amides is 8. The number of H-pyrrole nitrogens is 4. The number of aliphatic hydroxyl groups is 1. The van der Waals surface area contributed by atoms with Gasteiger partial charge in [0.25, 0.3) is 0 Å². The van der Waals surface area contributed by atoms with E-state index in [-0.39, 0.29) is 82.5 Å². The van der Waals surface area contributed by atoms with Crippen molar-refractivity contribution in [2.24, 2.45) is 11.7 Å². The van der Waals surface area contributed by atoms with Crippen LogP contribution in [0.2, 0.25) is 0 Å². The molecule has 476 valence electrons. The number of Topliss-reactive ketones (excluding diaryl/α,β-unsaturated/α-hetero) is 1. The maximum atomic E-state index is 14.8. The molecule has 28 nitrogen and oxygen atoms in total. The number of imidazole rings is 2. The molecule has 10 atom stereocenters. The Morgan fingerprint density at radius 2 is 1.10 bits per heavy atom. The number of hydrogen-bond donors (Lipinski definition) is 16. The van der Waals surface area contributed by atoms with Gasteiger partial charge >= 0.3 is 5.97 Å². The highest BCUT2D eigenvalue weighted by molar-refractivity contribution is 6.00. The number of aliphatic hydroxyl groups excluding tert-OH is 1. The van der Waals surface area contributed by atoms with E-state index in [2.05, 4.69) is 77.8 Å². The maximum Gasteiger partial charge on any atom is 0.323 e. The van der Waals surface area contributed by atoms with Crippen LogP contribution in [0.25, 0.3) is 21.8 Å². The minimum absolute atomic E-state index is 0.0302. The van der Waals surface area contributed by atoms with Crippen molar-refractivity contribution in [2.75, 3.05) is 13.2 Å². The van der Waals surface area contributed by atoms with E-state index in [1.165, 1.54) is 25.0 Å². The highest BCUT2D eigenvalue weighted by Crippen LogP contribution is 2.29. The molecule has 2 aliphatic rings. The number of aromatic amines is 4. The molecule has 0 saturated carbocycles. The third-order valence-electron chi connectivity index (χ3n) is 16.4. The number of carboxylic acids is 1. The highest BCUT2D eigenvalue weighted by atomic mass is 16.4. The molecule has 6 aromatic rings. The predicted octanol–water partition coefficient (Wildman–Crippen LogP) is -0.240. The second-order valence-corrected chi connectivity index (χ2v) is 23.3. The van der Waals surface area contributed by atoms with Crippen molar-refractivity contribution in [3.63, 3.8) is 0 Å². The minimum atomic E-state index is -1.74. The average molecular weight is 1230 g/mol. The lowest BCUT2D eigenvalue weighted by atomic mass is 9.94. The Balaban J connectivity index is 1.01. The summed E-state index contributed by atoms with van der Waals surface area (Å²) in [6.07, 6.45) is 10.6. The lowest BCUT2D eigenvalue weighted by Crippen LogP contribution is -2.61. The van der Waals surface area contributed by atoms with Crippen LogP contribution in [0.4, 0.5) is 0 Å². The van der Waals surface area contributed by atoms with Crippen LogP contribution < -0.4 is 53.6 Å². The summed E-state index contributed by atoms with van der Waals surface area (Å²) >= 11 is 0. The number of benzene rings is 2. The van der Waals surface area contributed by atoms with Gasteiger partial charge in [-0.25, -0.2) is 9.97 Å². The molecule has 4 aromatic heterocycles. The van der Waals surface area contributed by atoms with Crippen LogP contribution in [0, 0.1) is 5.92 Å². The zero-order chi connectivity index (χ0) is 63.8. The number of carbonyl (C=O) groups excluding carboxylic acids is 9. The summed E-state index contributed by atoms with van der Waals surface area (Å²) in [4.78, 5) is 160. The van der Waals surface area contributed by atoms with E-state index in [1.807, 2.05) is 56.3 Å². The van der Waals surface area contributed by atoms with E-state index in [9.17, 15) is 58.2 Å². The molecule has 0 radical (unpaired) electrons. The number of carboxylic acid groups (broad SMARTS) is 1. The fourth-order valence-corrected chi connectivity index (χ4v) is 11.4. The Hall–Kier alpha value is -9.28. The van der Waals surface area contributed by atoms with Gasteiger partial charge in [-0.15, -0.1) is 0 Å². The van der Waals surface area contributed by atoms with Gasteiger partial charge in [-0.2, -0.15) is 0 Å². The fraction of sp³-hybridized carbons (Fsp3) is 0.475. The van der Waals surface area contributed by atoms with E-state index in [0.717, 1.165) is 21.8 Å². The van der Waals surface area contributed by atoms with E-state index in [4.69, 9.17) is 5.73 Å². The molecule has 17 N–H and O–H groups in total. The SMILES string of the molecule is CC[C@@]1(C(=O)O)CCC(C(=O)[C@H](CCCCN)NC(=O)[C@H](Cc2c[nH]c3ccccc23)NC(=O)[C@H](CC(C)C)NC(=O)[C@H](Cc2cnc[nH]2)NC(=O)[C@H](CO)NC(=O)[C@H](Cc2c[nH]c3ccccc23)NC(=O)[C@H](Cc2cnc[nH]2)NC(=O)[C@@H]2CCC(=O)N2)N1. The van der Waals surface area contributed by atoms with Gasteiger partial charge in [-0.05, 0) is 87.1 Å². The molecule has 28 heteroatoms. The Kier molecular flexibility index (Phi) is 22.6. The van der Waals surface area contributed by atoms with Crippen molar-refractivity contribution in [1.29, 1.82) is 0 Å². The summed E-state index contributed by atoms with van der Waals surface area (Å²) in [5, 5.41) is 47.1. The van der Waals surface area contributed by atoms with Crippen LogP contribution in [0.5, 0.6) is 0 Å². The second kappa shape index (κ2) is 30.6. The van der Waals surface area contributed by atoms with Crippen molar-refractivity contribution in [1.82, 2.24) is 77.8 Å². The minimum Gasteiger partial charge on any atom is -0.480 e. The Morgan fingerprint density at radius 1 is 0.618 bits per heavy atom. The van der Waals surface area contributed by atoms with Crippen molar-refractivity contribution < 1.29 is 58.2 Å². The molecule has 0 bridgehead atoms. The molecule has 0 spiro atoms. The summed E-state index contributed by atoms with van der Waals surface area (Å²) < 4.78 is 0. The number of aromatic nitrogens is 6. The molecule has 89 heavy (non-hydrogen) atoms. The summed E-state index contributed by atoms with van der Waals surface area (Å²) in [7, 11) is 0. The van der Waals surface area contributed by atoms with Crippen LogP contribution in [0.1, 0.15) is 101 Å². The standard InChI is InChI=1S/C61H80N16O12/c1-4-61(60(88)89)19-18-43(77-61)52(80)42(15-9-10-20-62)70-55(83)46(22-34-26-65-40-13-7-5-11-38(34)40)72-54(82)45(21-33(2)3)71-57(85)49(25-37-29-64-32-68-37)75-59(87)50(30-78)76-56(84)47(23-35-27-66-41-14-8-6-12-39(35)41)73-58(86)48(24-36-28-63-31-67-36)74-53(81)44-16-17-51(79)69-44/h5-8,11-14,26-29,31-33,42-50,65-66,77-78H,4,9-10,15-25,30,62H2,1-3H3,(H,63,67)(H,64,68)(H,69,79)(H,70,83)(H,71,85)(H,72,82)(H,73,86)(H,74,81)(H,75,87)(H,76,84)(H,88,89)/t42-,43?,44-,45-,46-,47-,48-,49-,50-,61-/m0/s1. The summed E-state index contributed by atoms with van der Waals surface area (Å²) in [6.45, 7) is 4.67. The number of nitrogens with zero attached hydrogens (tertiary/aromatic N) is 2. The number of nitrogens with one attached hydrogen (secondary N) is 13. The van der Waals surface area contributed by atoms with Crippen molar-refractivity contribution >= 4 is 80.8 Å². The van der Waals surface area contributed by atoms with Crippen LogP contribution in [-0.4, -0.2) is 172 Å². The zero-order valence-corrected chi connectivity index (χ0v) is 49.9. The quantitative estimate of drug-likeness (QED) is 0.0237. The van der Waals surface area contributed by atoms with Gasteiger partial charge in [-0.1, -0.05) is 57.2 Å². The van der Waals surface area contributed by atoms with Crippen molar-refractivity contribution in [2.45, 2.75) is 164 Å². The summed E-state index contributed by atoms with van der Waals surface area (Å²) in [5.74, 6) is -7.83. The smallest absolute Gasteiger partial charge is 0.323 e. The molecule has 0 aliphatic carbocycles. The molecule has 8 amide bonds. The van der Waals surface area contributed by atoms with Crippen molar-refractivity contribution in [3.05, 3.63) is 108 Å². The Bertz CT molecular complexity index is 3460. The first-order chi connectivity index (χ1) is 42.8. The van der Waals surface area contributed by atoms with Gasteiger partial charge in [0, 0.05) is 90.1 Å². The number of nitrogens with two attached hydrogens (primary N) is 1. The van der Waals surface area contributed by atoms with E-state index in [0.29, 0.717) is 41.9 Å². The number of unbranched alkanes of at least 4 members (excludes halogenated alkanes) is 1. The largest absolute Gasteiger partial charge is 0.480 e.